The fraction of sp³-hybridized carbons (Fsp3) is 0.538. The number of hydrogen-bond acceptors (Lipinski definition) is 2. The summed E-state index contributed by atoms with van der Waals surface area (Å²) in [4.78, 5) is 1.45. The molecule has 0 bridgehead atoms. The number of thioether (sulfide) groups is 1. The maximum atomic E-state index is 3.54. The van der Waals surface area contributed by atoms with Crippen LogP contribution in [0.2, 0.25) is 0 Å². The summed E-state index contributed by atoms with van der Waals surface area (Å²) in [7, 11) is 0. The molecule has 0 amide bonds. The second kappa shape index (κ2) is 5.04. The lowest BCUT2D eigenvalue weighted by molar-refractivity contribution is 0.674. The van der Waals surface area contributed by atoms with Crippen LogP contribution in [0.1, 0.15) is 24.0 Å². The molecule has 0 saturated carbocycles. The van der Waals surface area contributed by atoms with Crippen molar-refractivity contribution in [3.05, 3.63) is 29.3 Å². The van der Waals surface area contributed by atoms with Gasteiger partial charge >= 0.3 is 0 Å². The molecule has 0 aromatic heterocycles. The number of benzene rings is 1. The standard InChI is InChI=1S/C13H19NS/c1-10-5-6-11(2)13(8-10)15-9-12-4-3-7-14-12/h5-6,8,12,14H,3-4,7,9H2,1-2H3/t12-/m1/s1. The van der Waals surface area contributed by atoms with Gasteiger partial charge in [-0.2, -0.15) is 0 Å². The SMILES string of the molecule is Cc1ccc(C)c(SC[C@H]2CCCN2)c1. The molecule has 1 N–H and O–H groups in total. The van der Waals surface area contributed by atoms with Crippen LogP contribution in [0.4, 0.5) is 0 Å². The highest BCUT2D eigenvalue weighted by atomic mass is 32.2. The zero-order chi connectivity index (χ0) is 10.7. The summed E-state index contributed by atoms with van der Waals surface area (Å²) >= 11 is 2.00. The van der Waals surface area contributed by atoms with Crippen molar-refractivity contribution < 1.29 is 0 Å². The Morgan fingerprint density at radius 2 is 2.27 bits per heavy atom. The second-order valence-corrected chi connectivity index (χ2v) is 5.44. The molecule has 1 heterocycles. The Morgan fingerprint density at radius 1 is 1.40 bits per heavy atom. The van der Waals surface area contributed by atoms with Gasteiger partial charge in [0.05, 0.1) is 0 Å². The predicted octanol–water partition coefficient (Wildman–Crippen LogP) is 3.15. The zero-order valence-electron chi connectivity index (χ0n) is 9.55. The fourth-order valence-corrected chi connectivity index (χ4v) is 3.18. The van der Waals surface area contributed by atoms with Gasteiger partial charge in [0.15, 0.2) is 0 Å². The van der Waals surface area contributed by atoms with Gasteiger partial charge in [0.2, 0.25) is 0 Å². The molecule has 2 rings (SSSR count). The van der Waals surface area contributed by atoms with Crippen LogP contribution < -0.4 is 5.32 Å². The maximum absolute atomic E-state index is 3.54. The van der Waals surface area contributed by atoms with Crippen LogP contribution in [0.25, 0.3) is 0 Å². The van der Waals surface area contributed by atoms with Gasteiger partial charge in [-0.3, -0.25) is 0 Å². The normalized spacial score (nSPS) is 20.8. The van der Waals surface area contributed by atoms with Gasteiger partial charge in [-0.05, 0) is 44.9 Å². The third-order valence-electron chi connectivity index (χ3n) is 2.95. The van der Waals surface area contributed by atoms with Gasteiger partial charge in [0.1, 0.15) is 0 Å². The summed E-state index contributed by atoms with van der Waals surface area (Å²) in [6, 6.07) is 7.44. The molecule has 15 heavy (non-hydrogen) atoms. The van der Waals surface area contributed by atoms with E-state index in [9.17, 15) is 0 Å². The van der Waals surface area contributed by atoms with Crippen LogP contribution in [0.15, 0.2) is 23.1 Å². The molecular formula is C13H19NS. The first-order chi connectivity index (χ1) is 7.25. The van der Waals surface area contributed by atoms with Gasteiger partial charge in [-0.25, -0.2) is 0 Å². The van der Waals surface area contributed by atoms with E-state index in [-0.39, 0.29) is 0 Å². The van der Waals surface area contributed by atoms with Crippen molar-refractivity contribution in [3.8, 4) is 0 Å². The minimum Gasteiger partial charge on any atom is -0.313 e. The van der Waals surface area contributed by atoms with E-state index in [4.69, 9.17) is 0 Å². The lowest BCUT2D eigenvalue weighted by Crippen LogP contribution is -2.23. The van der Waals surface area contributed by atoms with Crippen LogP contribution in [0.5, 0.6) is 0 Å². The minimum atomic E-state index is 0.731. The third-order valence-corrected chi connectivity index (χ3v) is 4.27. The van der Waals surface area contributed by atoms with Crippen LogP contribution in [-0.2, 0) is 0 Å². The first-order valence-corrected chi connectivity index (χ1v) is 6.68. The Bertz CT molecular complexity index is 329. The average molecular weight is 221 g/mol. The van der Waals surface area contributed by atoms with Crippen molar-refractivity contribution >= 4 is 11.8 Å². The highest BCUT2D eigenvalue weighted by Gasteiger charge is 2.14. The Kier molecular flexibility index (Phi) is 3.71. The summed E-state index contributed by atoms with van der Waals surface area (Å²) in [5.41, 5.74) is 2.77. The molecule has 1 fully saturated rings. The van der Waals surface area contributed by atoms with Gasteiger partial charge in [0, 0.05) is 16.7 Å². The molecular weight excluding hydrogens is 202 g/mol. The van der Waals surface area contributed by atoms with E-state index in [0.717, 1.165) is 6.04 Å². The van der Waals surface area contributed by atoms with Crippen LogP contribution in [-0.4, -0.2) is 18.3 Å². The lowest BCUT2D eigenvalue weighted by atomic mass is 10.2. The van der Waals surface area contributed by atoms with Crippen molar-refractivity contribution in [2.75, 3.05) is 12.3 Å². The zero-order valence-corrected chi connectivity index (χ0v) is 10.4. The molecule has 1 atom stereocenters. The largest absolute Gasteiger partial charge is 0.313 e. The first-order valence-electron chi connectivity index (χ1n) is 5.69. The van der Waals surface area contributed by atoms with Crippen LogP contribution in [0.3, 0.4) is 0 Å². The monoisotopic (exact) mass is 221 g/mol. The van der Waals surface area contributed by atoms with Gasteiger partial charge in [-0.15, -0.1) is 11.8 Å². The quantitative estimate of drug-likeness (QED) is 0.787. The van der Waals surface area contributed by atoms with E-state index in [1.54, 1.807) is 0 Å². The highest BCUT2D eigenvalue weighted by Crippen LogP contribution is 2.25. The Hall–Kier alpha value is -0.470. The molecule has 0 radical (unpaired) electrons. The van der Waals surface area contributed by atoms with Crippen LogP contribution in [0, 0.1) is 13.8 Å². The Labute approximate surface area is 96.7 Å². The first kappa shape index (κ1) is 11.0. The van der Waals surface area contributed by atoms with Crippen LogP contribution >= 0.6 is 11.8 Å². The highest BCUT2D eigenvalue weighted by molar-refractivity contribution is 7.99. The van der Waals surface area contributed by atoms with E-state index in [1.807, 2.05) is 11.8 Å². The number of aryl methyl sites for hydroxylation is 2. The molecule has 1 nitrogen and oxygen atoms in total. The summed E-state index contributed by atoms with van der Waals surface area (Å²) in [5, 5.41) is 3.54. The average Bonchev–Trinajstić information content (AvgIpc) is 2.72. The molecule has 2 heteroatoms. The van der Waals surface area contributed by atoms with E-state index < -0.39 is 0 Å². The summed E-state index contributed by atoms with van der Waals surface area (Å²) in [5.74, 6) is 1.21. The smallest absolute Gasteiger partial charge is 0.0162 e. The van der Waals surface area contributed by atoms with Gasteiger partial charge < -0.3 is 5.32 Å². The molecule has 0 aliphatic carbocycles. The third kappa shape index (κ3) is 2.99. The minimum absolute atomic E-state index is 0.731. The lowest BCUT2D eigenvalue weighted by Gasteiger charge is -2.11. The van der Waals surface area contributed by atoms with Gasteiger partial charge in [-0.1, -0.05) is 17.7 Å². The van der Waals surface area contributed by atoms with Crippen molar-refractivity contribution in [2.45, 2.75) is 37.6 Å². The predicted molar refractivity (Wildman–Crippen MR) is 67.7 cm³/mol. The van der Waals surface area contributed by atoms with Crippen molar-refractivity contribution in [1.82, 2.24) is 5.32 Å². The van der Waals surface area contributed by atoms with E-state index in [1.165, 1.54) is 41.2 Å². The van der Waals surface area contributed by atoms with Gasteiger partial charge in [0.25, 0.3) is 0 Å². The van der Waals surface area contributed by atoms with E-state index >= 15 is 0 Å². The summed E-state index contributed by atoms with van der Waals surface area (Å²) in [6.45, 7) is 5.57. The molecule has 1 aliphatic rings. The molecule has 82 valence electrons. The van der Waals surface area contributed by atoms with Crippen molar-refractivity contribution in [3.63, 3.8) is 0 Å². The molecule has 0 spiro atoms. The van der Waals surface area contributed by atoms with E-state index in [2.05, 4.69) is 37.4 Å². The Morgan fingerprint density at radius 3 is 3.00 bits per heavy atom. The maximum Gasteiger partial charge on any atom is 0.0162 e. The second-order valence-electron chi connectivity index (χ2n) is 4.37. The molecule has 1 saturated heterocycles. The number of hydrogen-bond donors (Lipinski definition) is 1. The van der Waals surface area contributed by atoms with E-state index in [0.29, 0.717) is 0 Å². The molecule has 1 aromatic rings. The molecule has 1 aliphatic heterocycles. The number of rotatable bonds is 3. The van der Waals surface area contributed by atoms with Crippen molar-refractivity contribution in [1.29, 1.82) is 0 Å². The number of nitrogens with one attached hydrogen (secondary N) is 1. The molecule has 0 unspecified atom stereocenters. The molecule has 1 aromatic carbocycles. The summed E-state index contributed by atoms with van der Waals surface area (Å²) < 4.78 is 0. The summed E-state index contributed by atoms with van der Waals surface area (Å²) in [6.07, 6.45) is 2.69. The Balaban J connectivity index is 1.94. The topological polar surface area (TPSA) is 12.0 Å². The fourth-order valence-electron chi connectivity index (χ4n) is 1.95. The van der Waals surface area contributed by atoms with Crippen molar-refractivity contribution in [2.24, 2.45) is 0 Å².